The topological polar surface area (TPSA) is 83.6 Å². The summed E-state index contributed by atoms with van der Waals surface area (Å²) in [5, 5.41) is 6.67. The number of carbonyl (C=O) groups is 2. The van der Waals surface area contributed by atoms with Crippen LogP contribution in [-0.4, -0.2) is 48.4 Å². The second-order valence-electron chi connectivity index (χ2n) is 7.19. The fourth-order valence-corrected chi connectivity index (χ4v) is 5.42. The number of ether oxygens (including phenoxy) is 1. The summed E-state index contributed by atoms with van der Waals surface area (Å²) in [7, 11) is 0. The predicted octanol–water partition coefficient (Wildman–Crippen LogP) is 3.82. The molecular formula is C21H20N4O3S2. The van der Waals surface area contributed by atoms with Gasteiger partial charge in [0.2, 0.25) is 5.91 Å². The number of aromatic nitrogens is 1. The lowest BCUT2D eigenvalue weighted by atomic mass is 10.1. The number of hydrogen-bond donors (Lipinski definition) is 2. The lowest BCUT2D eigenvalue weighted by Crippen LogP contribution is -2.36. The third kappa shape index (κ3) is 3.76. The van der Waals surface area contributed by atoms with E-state index in [2.05, 4.69) is 15.5 Å². The standard InChI is InChI=1S/C21H20N4O3S2/c1-12-19(26)23-16-10-13(2-5-17(16)29-12)20(27)22-14-3-4-15-18(11-14)30-21(24-15)25-6-8-28-9-7-25/h2-5,10-12H,6-9H2,1H3,(H,22,27)(H,23,26). The first-order chi connectivity index (χ1) is 14.6. The number of morpholine rings is 1. The van der Waals surface area contributed by atoms with Gasteiger partial charge in [-0.1, -0.05) is 11.3 Å². The summed E-state index contributed by atoms with van der Waals surface area (Å²) in [6, 6.07) is 11.1. The second-order valence-corrected chi connectivity index (χ2v) is 9.58. The lowest BCUT2D eigenvalue weighted by Gasteiger charge is -2.25. The summed E-state index contributed by atoms with van der Waals surface area (Å²) >= 11 is 3.12. The minimum Gasteiger partial charge on any atom is -0.378 e. The van der Waals surface area contributed by atoms with Gasteiger partial charge < -0.3 is 20.3 Å². The van der Waals surface area contributed by atoms with Gasteiger partial charge in [-0.2, -0.15) is 0 Å². The SMILES string of the molecule is CC1Sc2ccc(C(=O)Nc3ccc4nc(N5CCOCC5)sc4c3)cc2NC1=O. The Balaban J connectivity index is 1.34. The maximum atomic E-state index is 12.8. The van der Waals surface area contributed by atoms with Crippen LogP contribution < -0.4 is 15.5 Å². The van der Waals surface area contributed by atoms with E-state index in [-0.39, 0.29) is 17.1 Å². The van der Waals surface area contributed by atoms with Gasteiger partial charge in [-0.05, 0) is 43.3 Å². The Kier molecular flexibility index (Phi) is 5.10. The van der Waals surface area contributed by atoms with Crippen molar-refractivity contribution in [3.63, 3.8) is 0 Å². The molecule has 3 aromatic rings. The highest BCUT2D eigenvalue weighted by molar-refractivity contribution is 8.00. The molecule has 0 radical (unpaired) electrons. The number of nitrogens with one attached hydrogen (secondary N) is 2. The van der Waals surface area contributed by atoms with Crippen LogP contribution in [0.3, 0.4) is 0 Å². The number of hydrogen-bond acceptors (Lipinski definition) is 7. The van der Waals surface area contributed by atoms with Crippen molar-refractivity contribution >= 4 is 61.6 Å². The minimum absolute atomic E-state index is 0.0447. The van der Waals surface area contributed by atoms with Gasteiger partial charge in [0.05, 0.1) is 34.4 Å². The summed E-state index contributed by atoms with van der Waals surface area (Å²) in [5.74, 6) is -0.260. The van der Waals surface area contributed by atoms with Crippen molar-refractivity contribution in [2.75, 3.05) is 41.8 Å². The van der Waals surface area contributed by atoms with Gasteiger partial charge in [0.15, 0.2) is 5.13 Å². The second kappa shape index (κ2) is 7.90. The van der Waals surface area contributed by atoms with E-state index >= 15 is 0 Å². The Labute approximate surface area is 181 Å². The first kappa shape index (κ1) is 19.3. The molecule has 1 saturated heterocycles. The van der Waals surface area contributed by atoms with Crippen molar-refractivity contribution in [2.45, 2.75) is 17.1 Å². The van der Waals surface area contributed by atoms with Crippen LogP contribution in [0.1, 0.15) is 17.3 Å². The number of nitrogens with zero attached hydrogens (tertiary/aromatic N) is 2. The van der Waals surface area contributed by atoms with E-state index in [0.29, 0.717) is 11.3 Å². The van der Waals surface area contributed by atoms with Gasteiger partial charge in [-0.3, -0.25) is 9.59 Å². The fourth-order valence-electron chi connectivity index (χ4n) is 3.43. The van der Waals surface area contributed by atoms with Gasteiger partial charge >= 0.3 is 0 Å². The van der Waals surface area contributed by atoms with Crippen LogP contribution in [0.2, 0.25) is 0 Å². The van der Waals surface area contributed by atoms with Crippen molar-refractivity contribution in [3.05, 3.63) is 42.0 Å². The van der Waals surface area contributed by atoms with Gasteiger partial charge in [0, 0.05) is 29.2 Å². The number of rotatable bonds is 3. The van der Waals surface area contributed by atoms with Crippen LogP contribution in [-0.2, 0) is 9.53 Å². The molecule has 0 bridgehead atoms. The Morgan fingerprint density at radius 1 is 1.23 bits per heavy atom. The number of thiazole rings is 1. The molecule has 0 spiro atoms. The Morgan fingerprint density at radius 2 is 2.07 bits per heavy atom. The monoisotopic (exact) mass is 440 g/mol. The van der Waals surface area contributed by atoms with Crippen molar-refractivity contribution < 1.29 is 14.3 Å². The lowest BCUT2D eigenvalue weighted by molar-refractivity contribution is -0.115. The van der Waals surface area contributed by atoms with Crippen LogP contribution in [0.25, 0.3) is 10.2 Å². The van der Waals surface area contributed by atoms with Gasteiger partial charge in [0.1, 0.15) is 0 Å². The molecule has 2 N–H and O–H groups in total. The number of fused-ring (bicyclic) bond motifs is 2. The van der Waals surface area contributed by atoms with Crippen LogP contribution >= 0.6 is 23.1 Å². The number of carbonyl (C=O) groups excluding carboxylic acids is 2. The zero-order chi connectivity index (χ0) is 20.7. The van der Waals surface area contributed by atoms with Gasteiger partial charge in [-0.25, -0.2) is 4.98 Å². The third-order valence-electron chi connectivity index (χ3n) is 5.09. The molecule has 2 aromatic carbocycles. The van der Waals surface area contributed by atoms with E-state index in [4.69, 9.17) is 9.72 Å². The van der Waals surface area contributed by atoms with Crippen molar-refractivity contribution in [1.29, 1.82) is 0 Å². The quantitative estimate of drug-likeness (QED) is 0.644. The summed E-state index contributed by atoms with van der Waals surface area (Å²) in [6.45, 7) is 4.99. The van der Waals surface area contributed by atoms with E-state index in [1.165, 1.54) is 11.8 Å². The summed E-state index contributed by atoms with van der Waals surface area (Å²) in [4.78, 5) is 32.6. The molecular weight excluding hydrogens is 420 g/mol. The average molecular weight is 441 g/mol. The summed E-state index contributed by atoms with van der Waals surface area (Å²) < 4.78 is 6.43. The number of amides is 2. The zero-order valence-electron chi connectivity index (χ0n) is 16.3. The molecule has 2 amide bonds. The highest BCUT2D eigenvalue weighted by Gasteiger charge is 2.24. The van der Waals surface area contributed by atoms with Crippen LogP contribution in [0.15, 0.2) is 41.3 Å². The minimum atomic E-state index is -0.215. The Bertz CT molecular complexity index is 1140. The maximum absolute atomic E-state index is 12.8. The van der Waals surface area contributed by atoms with Crippen LogP contribution in [0, 0.1) is 0 Å². The van der Waals surface area contributed by atoms with Crippen LogP contribution in [0.5, 0.6) is 0 Å². The molecule has 5 rings (SSSR count). The van der Waals surface area contributed by atoms with E-state index in [0.717, 1.165) is 52.2 Å². The first-order valence-corrected chi connectivity index (χ1v) is 11.4. The Morgan fingerprint density at radius 3 is 2.90 bits per heavy atom. The Hall–Kier alpha value is -2.62. The largest absolute Gasteiger partial charge is 0.378 e. The predicted molar refractivity (Wildman–Crippen MR) is 121 cm³/mol. The normalized spacial score (nSPS) is 18.8. The van der Waals surface area contributed by atoms with Crippen molar-refractivity contribution in [1.82, 2.24) is 4.98 Å². The molecule has 1 atom stereocenters. The molecule has 1 unspecified atom stereocenters. The molecule has 1 aromatic heterocycles. The van der Waals surface area contributed by atoms with Crippen molar-refractivity contribution in [2.24, 2.45) is 0 Å². The molecule has 7 nitrogen and oxygen atoms in total. The fraction of sp³-hybridized carbons (Fsp3) is 0.286. The molecule has 1 fully saturated rings. The van der Waals surface area contributed by atoms with E-state index in [1.807, 2.05) is 31.2 Å². The van der Waals surface area contributed by atoms with E-state index in [9.17, 15) is 9.59 Å². The van der Waals surface area contributed by atoms with Crippen molar-refractivity contribution in [3.8, 4) is 0 Å². The summed E-state index contributed by atoms with van der Waals surface area (Å²) in [5.41, 5.74) is 2.82. The van der Waals surface area contributed by atoms with E-state index < -0.39 is 0 Å². The third-order valence-corrected chi connectivity index (χ3v) is 7.35. The molecule has 0 aliphatic carbocycles. The molecule has 154 valence electrons. The highest BCUT2D eigenvalue weighted by Crippen LogP contribution is 2.36. The summed E-state index contributed by atoms with van der Waals surface area (Å²) in [6.07, 6.45) is 0. The number of thioether (sulfide) groups is 1. The van der Waals surface area contributed by atoms with Gasteiger partial charge in [-0.15, -0.1) is 11.8 Å². The first-order valence-electron chi connectivity index (χ1n) is 9.73. The van der Waals surface area contributed by atoms with Crippen LogP contribution in [0.4, 0.5) is 16.5 Å². The highest BCUT2D eigenvalue weighted by atomic mass is 32.2. The van der Waals surface area contributed by atoms with Gasteiger partial charge in [0.25, 0.3) is 5.91 Å². The maximum Gasteiger partial charge on any atom is 0.255 e. The van der Waals surface area contributed by atoms with E-state index in [1.54, 1.807) is 23.5 Å². The molecule has 0 saturated carbocycles. The number of anilines is 3. The molecule has 9 heteroatoms. The zero-order valence-corrected chi connectivity index (χ0v) is 17.9. The number of benzene rings is 2. The smallest absolute Gasteiger partial charge is 0.255 e. The molecule has 30 heavy (non-hydrogen) atoms. The molecule has 2 aliphatic rings. The molecule has 3 heterocycles. The molecule has 2 aliphatic heterocycles. The average Bonchev–Trinajstić information content (AvgIpc) is 3.18.